The molecule has 0 aliphatic heterocycles. The molecule has 0 aromatic heterocycles. The highest BCUT2D eigenvalue weighted by molar-refractivity contribution is 5.98. The molecule has 2 atom stereocenters. The van der Waals surface area contributed by atoms with E-state index in [4.69, 9.17) is 5.73 Å². The van der Waals surface area contributed by atoms with Crippen molar-refractivity contribution in [2.75, 3.05) is 11.4 Å². The number of hydrogen-bond acceptors (Lipinski definition) is 3. The Kier molecular flexibility index (Phi) is 3.80. The minimum absolute atomic E-state index is 0.0607. The number of anilines is 1. The van der Waals surface area contributed by atoms with Gasteiger partial charge in [0.2, 0.25) is 5.91 Å². The van der Waals surface area contributed by atoms with Gasteiger partial charge in [-0.1, -0.05) is 12.5 Å². The summed E-state index contributed by atoms with van der Waals surface area (Å²) < 4.78 is 0. The number of carbonyl (C=O) groups excluding carboxylic acids is 1. The number of nitrogens with zero attached hydrogens (tertiary/aromatic N) is 1. The lowest BCUT2D eigenvalue weighted by molar-refractivity contribution is -0.127. The smallest absolute Gasteiger partial charge is 0.234 e. The van der Waals surface area contributed by atoms with Gasteiger partial charge in [0.1, 0.15) is 5.75 Å². The number of benzene rings is 1. The van der Waals surface area contributed by atoms with Crippen molar-refractivity contribution >= 4 is 11.6 Å². The standard InChI is InChI=1S/C15H22N2O2/c1-3-17(11-6-4-7-12(18)10-11)14(19)15(2)9-5-8-13(15)16/h4,6-7,10,13,18H,3,5,8-9,16H2,1-2H3. The SMILES string of the molecule is CCN(C(=O)C1(C)CCCC1N)c1cccc(O)c1. The lowest BCUT2D eigenvalue weighted by Crippen LogP contribution is -2.49. The Balaban J connectivity index is 2.30. The van der Waals surface area contributed by atoms with E-state index in [1.807, 2.05) is 19.9 Å². The first-order chi connectivity index (χ1) is 8.99. The summed E-state index contributed by atoms with van der Waals surface area (Å²) in [5, 5.41) is 9.56. The maximum Gasteiger partial charge on any atom is 0.234 e. The quantitative estimate of drug-likeness (QED) is 0.878. The summed E-state index contributed by atoms with van der Waals surface area (Å²) in [6.07, 6.45) is 2.74. The normalized spacial score (nSPS) is 26.4. The van der Waals surface area contributed by atoms with Gasteiger partial charge in [-0.2, -0.15) is 0 Å². The number of rotatable bonds is 3. The van der Waals surface area contributed by atoms with Gasteiger partial charge in [-0.3, -0.25) is 4.79 Å². The predicted molar refractivity (Wildman–Crippen MR) is 76.1 cm³/mol. The number of amides is 1. The van der Waals surface area contributed by atoms with Crippen LogP contribution in [0.1, 0.15) is 33.1 Å². The summed E-state index contributed by atoms with van der Waals surface area (Å²) in [6.45, 7) is 4.47. The third-order valence-electron chi connectivity index (χ3n) is 4.22. The molecular weight excluding hydrogens is 240 g/mol. The van der Waals surface area contributed by atoms with Gasteiger partial charge in [0.25, 0.3) is 0 Å². The van der Waals surface area contributed by atoms with Crippen LogP contribution in [-0.4, -0.2) is 23.6 Å². The fraction of sp³-hybridized carbons (Fsp3) is 0.533. The van der Waals surface area contributed by atoms with Crippen molar-refractivity contribution in [3.63, 3.8) is 0 Å². The van der Waals surface area contributed by atoms with E-state index >= 15 is 0 Å². The molecule has 2 unspecified atom stereocenters. The molecule has 19 heavy (non-hydrogen) atoms. The van der Waals surface area contributed by atoms with Crippen LogP contribution in [0.2, 0.25) is 0 Å². The molecule has 1 aliphatic carbocycles. The van der Waals surface area contributed by atoms with E-state index in [9.17, 15) is 9.90 Å². The van der Waals surface area contributed by atoms with Crippen LogP contribution in [-0.2, 0) is 4.79 Å². The maximum absolute atomic E-state index is 12.8. The van der Waals surface area contributed by atoms with Crippen molar-refractivity contribution in [2.45, 2.75) is 39.2 Å². The van der Waals surface area contributed by atoms with Gasteiger partial charge in [-0.25, -0.2) is 0 Å². The Hall–Kier alpha value is -1.55. The molecule has 1 aliphatic rings. The minimum atomic E-state index is -0.485. The van der Waals surface area contributed by atoms with Gasteiger partial charge >= 0.3 is 0 Å². The lowest BCUT2D eigenvalue weighted by atomic mass is 9.83. The summed E-state index contributed by atoms with van der Waals surface area (Å²) in [5.74, 6) is 0.232. The van der Waals surface area contributed by atoms with Gasteiger partial charge in [0.05, 0.1) is 5.41 Å². The molecule has 0 saturated heterocycles. The van der Waals surface area contributed by atoms with Gasteiger partial charge < -0.3 is 15.7 Å². The average Bonchev–Trinajstić information content (AvgIpc) is 2.72. The molecule has 0 spiro atoms. The Morgan fingerprint density at radius 3 is 2.84 bits per heavy atom. The monoisotopic (exact) mass is 262 g/mol. The van der Waals surface area contributed by atoms with Crippen LogP contribution in [0.25, 0.3) is 0 Å². The highest BCUT2D eigenvalue weighted by atomic mass is 16.3. The predicted octanol–water partition coefficient (Wildman–Crippen LogP) is 2.26. The number of phenols is 1. The summed E-state index contributed by atoms with van der Waals surface area (Å²) >= 11 is 0. The fourth-order valence-corrected chi connectivity index (χ4v) is 2.87. The lowest BCUT2D eigenvalue weighted by Gasteiger charge is -2.34. The van der Waals surface area contributed by atoms with Gasteiger partial charge in [0, 0.05) is 24.3 Å². The van der Waals surface area contributed by atoms with Crippen LogP contribution < -0.4 is 10.6 Å². The van der Waals surface area contributed by atoms with Crippen molar-refractivity contribution in [3.05, 3.63) is 24.3 Å². The van der Waals surface area contributed by atoms with E-state index in [-0.39, 0.29) is 17.7 Å². The maximum atomic E-state index is 12.8. The third-order valence-corrected chi connectivity index (χ3v) is 4.22. The molecule has 0 heterocycles. The van der Waals surface area contributed by atoms with E-state index in [2.05, 4.69) is 0 Å². The summed E-state index contributed by atoms with van der Waals surface area (Å²) in [5.41, 5.74) is 6.36. The van der Waals surface area contributed by atoms with Crippen molar-refractivity contribution < 1.29 is 9.90 Å². The van der Waals surface area contributed by atoms with Crippen LogP contribution in [0.15, 0.2) is 24.3 Å². The molecule has 4 heteroatoms. The van der Waals surface area contributed by atoms with Crippen LogP contribution in [0.4, 0.5) is 5.69 Å². The first kappa shape index (κ1) is 13.9. The zero-order chi connectivity index (χ0) is 14.0. The second-order valence-corrected chi connectivity index (χ2v) is 5.49. The summed E-state index contributed by atoms with van der Waals surface area (Å²) in [7, 11) is 0. The second kappa shape index (κ2) is 5.21. The Morgan fingerprint density at radius 2 is 2.32 bits per heavy atom. The van der Waals surface area contributed by atoms with Crippen LogP contribution in [0.3, 0.4) is 0 Å². The zero-order valence-corrected chi connectivity index (χ0v) is 11.6. The number of carbonyl (C=O) groups is 1. The largest absolute Gasteiger partial charge is 0.508 e. The molecule has 1 fully saturated rings. The molecule has 0 bridgehead atoms. The van der Waals surface area contributed by atoms with Crippen LogP contribution in [0.5, 0.6) is 5.75 Å². The number of hydrogen-bond donors (Lipinski definition) is 2. The molecular formula is C15H22N2O2. The second-order valence-electron chi connectivity index (χ2n) is 5.49. The van der Waals surface area contributed by atoms with E-state index in [0.29, 0.717) is 6.54 Å². The Labute approximate surface area is 114 Å². The minimum Gasteiger partial charge on any atom is -0.508 e. The average molecular weight is 262 g/mol. The van der Waals surface area contributed by atoms with E-state index in [1.54, 1.807) is 23.1 Å². The van der Waals surface area contributed by atoms with E-state index in [1.165, 1.54) is 0 Å². The number of nitrogens with two attached hydrogens (primary N) is 1. The molecule has 1 saturated carbocycles. The van der Waals surface area contributed by atoms with Crippen molar-refractivity contribution in [1.82, 2.24) is 0 Å². The van der Waals surface area contributed by atoms with Crippen LogP contribution >= 0.6 is 0 Å². The number of aromatic hydroxyl groups is 1. The third kappa shape index (κ3) is 2.45. The molecule has 1 aromatic carbocycles. The van der Waals surface area contributed by atoms with Crippen molar-refractivity contribution in [3.8, 4) is 5.75 Å². The molecule has 4 nitrogen and oxygen atoms in total. The summed E-state index contributed by atoms with van der Waals surface area (Å²) in [6, 6.07) is 6.73. The Morgan fingerprint density at radius 1 is 1.58 bits per heavy atom. The van der Waals surface area contributed by atoms with Crippen LogP contribution in [0, 0.1) is 5.41 Å². The first-order valence-electron chi connectivity index (χ1n) is 6.85. The molecule has 1 aromatic rings. The van der Waals surface area contributed by atoms with Crippen molar-refractivity contribution in [2.24, 2.45) is 11.1 Å². The molecule has 1 amide bonds. The highest BCUT2D eigenvalue weighted by Crippen LogP contribution is 2.39. The first-order valence-corrected chi connectivity index (χ1v) is 6.85. The van der Waals surface area contributed by atoms with E-state index < -0.39 is 5.41 Å². The van der Waals surface area contributed by atoms with Gasteiger partial charge in [-0.15, -0.1) is 0 Å². The topological polar surface area (TPSA) is 66.6 Å². The zero-order valence-electron chi connectivity index (χ0n) is 11.6. The van der Waals surface area contributed by atoms with Gasteiger partial charge in [-0.05, 0) is 38.8 Å². The van der Waals surface area contributed by atoms with Gasteiger partial charge in [0.15, 0.2) is 0 Å². The fourth-order valence-electron chi connectivity index (χ4n) is 2.87. The molecule has 2 rings (SSSR count). The Bertz CT molecular complexity index is 475. The van der Waals surface area contributed by atoms with E-state index in [0.717, 1.165) is 24.9 Å². The number of phenolic OH excluding ortho intramolecular Hbond substituents is 1. The molecule has 0 radical (unpaired) electrons. The summed E-state index contributed by atoms with van der Waals surface area (Å²) in [4.78, 5) is 14.5. The molecule has 3 N–H and O–H groups in total. The highest BCUT2D eigenvalue weighted by Gasteiger charge is 2.45. The molecule has 104 valence electrons. The van der Waals surface area contributed by atoms with Crippen molar-refractivity contribution in [1.29, 1.82) is 0 Å².